The molecule has 0 aliphatic heterocycles. The summed E-state index contributed by atoms with van der Waals surface area (Å²) in [6.45, 7) is 2.09. The van der Waals surface area contributed by atoms with Crippen molar-refractivity contribution in [2.24, 2.45) is 5.73 Å². The van der Waals surface area contributed by atoms with Crippen molar-refractivity contribution in [2.45, 2.75) is 26.2 Å². The fourth-order valence-electron chi connectivity index (χ4n) is 3.51. The molecule has 5 nitrogen and oxygen atoms in total. The van der Waals surface area contributed by atoms with Gasteiger partial charge in [0.15, 0.2) is 5.69 Å². The zero-order valence-corrected chi connectivity index (χ0v) is 14.1. The number of anilines is 1. The van der Waals surface area contributed by atoms with Crippen molar-refractivity contribution in [3.63, 3.8) is 0 Å². The molecule has 4 N–H and O–H groups in total. The third-order valence-electron chi connectivity index (χ3n) is 4.78. The Kier molecular flexibility index (Phi) is 3.57. The van der Waals surface area contributed by atoms with E-state index in [0.29, 0.717) is 11.4 Å². The van der Waals surface area contributed by atoms with E-state index in [4.69, 9.17) is 11.5 Å². The summed E-state index contributed by atoms with van der Waals surface area (Å²) in [6.07, 6.45) is 10.7. The van der Waals surface area contributed by atoms with E-state index in [1.54, 1.807) is 0 Å². The monoisotopic (exact) mass is 332 g/mol. The van der Waals surface area contributed by atoms with Gasteiger partial charge in [0, 0.05) is 16.8 Å². The van der Waals surface area contributed by atoms with Crippen LogP contribution in [0.25, 0.3) is 17.0 Å². The predicted molar refractivity (Wildman–Crippen MR) is 99.8 cm³/mol. The largest absolute Gasteiger partial charge is 0.399 e. The molecule has 1 heterocycles. The maximum absolute atomic E-state index is 11.9. The van der Waals surface area contributed by atoms with Gasteiger partial charge in [-0.3, -0.25) is 4.79 Å². The molecule has 2 aliphatic carbocycles. The van der Waals surface area contributed by atoms with E-state index in [1.807, 2.05) is 29.0 Å². The number of carbonyl (C=O) groups is 1. The van der Waals surface area contributed by atoms with E-state index >= 15 is 0 Å². The maximum atomic E-state index is 11.9. The number of aromatic nitrogens is 2. The molecule has 0 spiro atoms. The fraction of sp³-hybridized carbons (Fsp3) is 0.200. The second-order valence-corrected chi connectivity index (χ2v) is 6.57. The Morgan fingerprint density at radius 2 is 2.12 bits per heavy atom. The number of hydrogen-bond donors (Lipinski definition) is 2. The minimum Gasteiger partial charge on any atom is -0.399 e. The average molecular weight is 332 g/mol. The van der Waals surface area contributed by atoms with Gasteiger partial charge in [0.1, 0.15) is 0 Å². The number of fused-ring (bicyclic) bond motifs is 3. The van der Waals surface area contributed by atoms with Crippen LogP contribution in [0.5, 0.6) is 0 Å². The van der Waals surface area contributed by atoms with Crippen LogP contribution in [0.3, 0.4) is 0 Å². The number of amides is 1. The number of nitrogens with two attached hydrogens (primary N) is 2. The number of aryl methyl sites for hydroxylation is 1. The number of hydrogen-bond acceptors (Lipinski definition) is 3. The zero-order chi connectivity index (χ0) is 17.6. The Morgan fingerprint density at radius 3 is 2.92 bits per heavy atom. The lowest BCUT2D eigenvalue weighted by Gasteiger charge is -2.19. The first-order chi connectivity index (χ1) is 12.0. The molecule has 0 unspecified atom stereocenters. The summed E-state index contributed by atoms with van der Waals surface area (Å²) in [6, 6.07) is 5.93. The first-order valence-electron chi connectivity index (χ1n) is 8.39. The van der Waals surface area contributed by atoms with Crippen LogP contribution in [0.15, 0.2) is 48.1 Å². The maximum Gasteiger partial charge on any atom is 0.269 e. The number of nitrogen functional groups attached to an aromatic ring is 1. The van der Waals surface area contributed by atoms with Gasteiger partial charge >= 0.3 is 0 Å². The van der Waals surface area contributed by atoms with Crippen LogP contribution in [0.2, 0.25) is 0 Å². The minimum absolute atomic E-state index is 0.353. The predicted octanol–water partition coefficient (Wildman–Crippen LogP) is 3.08. The molecule has 126 valence electrons. The molecule has 0 fully saturated rings. The Hall–Kier alpha value is -3.08. The Balaban J connectivity index is 1.97. The normalized spacial score (nSPS) is 15.7. The number of nitrogens with zero attached hydrogens (tertiary/aromatic N) is 2. The minimum atomic E-state index is -0.491. The molecule has 25 heavy (non-hydrogen) atoms. The van der Waals surface area contributed by atoms with Gasteiger partial charge in [-0.25, -0.2) is 4.68 Å². The molecule has 0 saturated heterocycles. The fourth-order valence-corrected chi connectivity index (χ4v) is 3.51. The van der Waals surface area contributed by atoms with Crippen molar-refractivity contribution in [1.82, 2.24) is 9.78 Å². The molecular formula is C20H20N4O. The quantitative estimate of drug-likeness (QED) is 0.829. The molecule has 5 heteroatoms. The number of benzene rings is 1. The standard InChI is InChI=1S/C20H20N4O/c1-12-3-2-4-15(9-5-12)24-19-16(18(23-24)20(22)25)10-7-13-6-8-14(21)11-17(13)19/h2-4,6,8-9,11H,5,7,10,21H2,1H3,(H2,22,25). The van der Waals surface area contributed by atoms with Gasteiger partial charge in [-0.2, -0.15) is 5.10 Å². The molecule has 1 amide bonds. The smallest absolute Gasteiger partial charge is 0.269 e. The van der Waals surface area contributed by atoms with E-state index in [1.165, 1.54) is 11.1 Å². The van der Waals surface area contributed by atoms with Gasteiger partial charge in [-0.15, -0.1) is 0 Å². The zero-order valence-electron chi connectivity index (χ0n) is 14.1. The first kappa shape index (κ1) is 15.4. The summed E-state index contributed by atoms with van der Waals surface area (Å²) in [5.74, 6) is -0.491. The van der Waals surface area contributed by atoms with Crippen LogP contribution in [0, 0.1) is 0 Å². The van der Waals surface area contributed by atoms with Crippen LogP contribution >= 0.6 is 0 Å². The van der Waals surface area contributed by atoms with E-state index in [2.05, 4.69) is 30.2 Å². The molecule has 0 bridgehead atoms. The highest BCUT2D eigenvalue weighted by Gasteiger charge is 2.28. The Bertz CT molecular complexity index is 976. The van der Waals surface area contributed by atoms with Crippen LogP contribution < -0.4 is 11.5 Å². The van der Waals surface area contributed by atoms with Crippen molar-refractivity contribution >= 4 is 17.3 Å². The van der Waals surface area contributed by atoms with E-state index in [-0.39, 0.29) is 0 Å². The summed E-state index contributed by atoms with van der Waals surface area (Å²) in [5, 5.41) is 4.57. The lowest BCUT2D eigenvalue weighted by Crippen LogP contribution is -2.15. The molecule has 1 aromatic carbocycles. The second-order valence-electron chi connectivity index (χ2n) is 6.57. The molecular weight excluding hydrogens is 312 g/mol. The van der Waals surface area contributed by atoms with Gasteiger partial charge in [0.05, 0.1) is 11.4 Å². The Labute approximate surface area is 146 Å². The molecule has 4 rings (SSSR count). The van der Waals surface area contributed by atoms with Gasteiger partial charge in [-0.1, -0.05) is 29.9 Å². The van der Waals surface area contributed by atoms with E-state index in [9.17, 15) is 4.79 Å². The summed E-state index contributed by atoms with van der Waals surface area (Å²) in [7, 11) is 0. The molecule has 0 atom stereocenters. The van der Waals surface area contributed by atoms with Crippen LogP contribution in [0.1, 0.15) is 35.0 Å². The highest BCUT2D eigenvalue weighted by atomic mass is 16.1. The van der Waals surface area contributed by atoms with Gasteiger partial charge in [0.25, 0.3) is 5.91 Å². The van der Waals surface area contributed by atoms with Crippen molar-refractivity contribution in [3.05, 3.63) is 64.9 Å². The number of allylic oxidation sites excluding steroid dienone is 6. The van der Waals surface area contributed by atoms with E-state index < -0.39 is 5.91 Å². The Morgan fingerprint density at radius 1 is 1.28 bits per heavy atom. The lowest BCUT2D eigenvalue weighted by atomic mass is 9.88. The first-order valence-corrected chi connectivity index (χ1v) is 8.39. The van der Waals surface area contributed by atoms with Gasteiger partial charge < -0.3 is 11.5 Å². The number of carbonyl (C=O) groups excluding carboxylic acids is 1. The highest BCUT2D eigenvalue weighted by Crippen LogP contribution is 2.38. The van der Waals surface area contributed by atoms with Crippen molar-refractivity contribution in [1.29, 1.82) is 0 Å². The average Bonchev–Trinajstić information content (AvgIpc) is 2.85. The third-order valence-corrected chi connectivity index (χ3v) is 4.78. The van der Waals surface area contributed by atoms with Gasteiger partial charge in [0.2, 0.25) is 0 Å². The topological polar surface area (TPSA) is 86.9 Å². The summed E-state index contributed by atoms with van der Waals surface area (Å²) in [5.41, 5.74) is 19.0. The number of primary amides is 1. The van der Waals surface area contributed by atoms with Crippen molar-refractivity contribution < 1.29 is 4.79 Å². The van der Waals surface area contributed by atoms with Crippen LogP contribution in [-0.4, -0.2) is 15.7 Å². The van der Waals surface area contributed by atoms with Crippen LogP contribution in [0.4, 0.5) is 5.69 Å². The number of rotatable bonds is 2. The summed E-state index contributed by atoms with van der Waals surface area (Å²) in [4.78, 5) is 11.9. The SMILES string of the molecule is CC1=CC=CC(n2nc(C(N)=O)c3c2-c2cc(N)ccc2CC3)=CC1. The summed E-state index contributed by atoms with van der Waals surface area (Å²) >= 11 is 0. The van der Waals surface area contributed by atoms with Crippen molar-refractivity contribution in [2.75, 3.05) is 5.73 Å². The lowest BCUT2D eigenvalue weighted by molar-refractivity contribution is 0.0994. The highest BCUT2D eigenvalue weighted by molar-refractivity contribution is 5.95. The van der Waals surface area contributed by atoms with Crippen molar-refractivity contribution in [3.8, 4) is 11.3 Å². The molecule has 2 aliphatic rings. The molecule has 1 aromatic heterocycles. The summed E-state index contributed by atoms with van der Waals surface area (Å²) < 4.78 is 1.84. The molecule has 0 radical (unpaired) electrons. The van der Waals surface area contributed by atoms with Crippen LogP contribution in [-0.2, 0) is 12.8 Å². The van der Waals surface area contributed by atoms with E-state index in [0.717, 1.165) is 41.8 Å². The third kappa shape index (κ3) is 2.58. The molecule has 2 aromatic rings. The molecule has 0 saturated carbocycles. The van der Waals surface area contributed by atoms with Gasteiger partial charge in [-0.05, 0) is 50.0 Å². The second kappa shape index (κ2) is 5.77.